The highest BCUT2D eigenvalue weighted by atomic mass is 32.2. The SMILES string of the molecule is CC(=O)c1ccc(S(=O)(=O)NCCC(=O)O[C@H](C)C(=O)N2CCOCC2)cc1. The van der Waals surface area contributed by atoms with Crippen molar-refractivity contribution in [1.29, 1.82) is 0 Å². The lowest BCUT2D eigenvalue weighted by molar-refractivity contribution is -0.160. The summed E-state index contributed by atoms with van der Waals surface area (Å²) in [4.78, 5) is 36.9. The maximum absolute atomic E-state index is 12.2. The molecule has 1 amide bonds. The highest BCUT2D eigenvalue weighted by molar-refractivity contribution is 7.89. The standard InChI is InChI=1S/C18H24N2O7S/c1-13(21)15-3-5-16(6-4-15)28(24,25)19-8-7-17(22)27-14(2)18(23)20-9-11-26-12-10-20/h3-6,14,19H,7-12H2,1-2H3/t14-/m1/s1. The molecule has 0 aromatic heterocycles. The molecule has 9 nitrogen and oxygen atoms in total. The molecular weight excluding hydrogens is 388 g/mol. The quantitative estimate of drug-likeness (QED) is 0.483. The van der Waals surface area contributed by atoms with Crippen molar-refractivity contribution in [3.05, 3.63) is 29.8 Å². The van der Waals surface area contributed by atoms with E-state index >= 15 is 0 Å². The van der Waals surface area contributed by atoms with Gasteiger partial charge in [0.15, 0.2) is 11.9 Å². The summed E-state index contributed by atoms with van der Waals surface area (Å²) in [5.74, 6) is -1.15. The van der Waals surface area contributed by atoms with Gasteiger partial charge < -0.3 is 14.4 Å². The van der Waals surface area contributed by atoms with Gasteiger partial charge in [-0.25, -0.2) is 13.1 Å². The molecule has 0 saturated carbocycles. The zero-order valence-corrected chi connectivity index (χ0v) is 16.7. The fraction of sp³-hybridized carbons (Fsp3) is 0.500. The number of Topliss-reactive ketones (excluding diaryl/α,β-unsaturated/α-hetero) is 1. The Bertz CT molecular complexity index is 815. The number of benzene rings is 1. The van der Waals surface area contributed by atoms with Crippen LogP contribution in [0.4, 0.5) is 0 Å². The van der Waals surface area contributed by atoms with E-state index < -0.39 is 22.1 Å². The predicted molar refractivity (Wildman–Crippen MR) is 99.2 cm³/mol. The highest BCUT2D eigenvalue weighted by Gasteiger charge is 2.25. The third kappa shape index (κ3) is 6.11. The predicted octanol–water partition coefficient (Wildman–Crippen LogP) is 0.348. The third-order valence-electron chi connectivity index (χ3n) is 4.17. The van der Waals surface area contributed by atoms with Gasteiger partial charge in [-0.3, -0.25) is 14.4 Å². The van der Waals surface area contributed by atoms with E-state index in [2.05, 4.69) is 4.72 Å². The minimum Gasteiger partial charge on any atom is -0.452 e. The van der Waals surface area contributed by atoms with Crippen molar-refractivity contribution in [1.82, 2.24) is 9.62 Å². The molecule has 1 atom stereocenters. The van der Waals surface area contributed by atoms with Gasteiger partial charge in [0.1, 0.15) is 0 Å². The van der Waals surface area contributed by atoms with Gasteiger partial charge in [0.2, 0.25) is 10.0 Å². The van der Waals surface area contributed by atoms with Crippen molar-refractivity contribution in [2.45, 2.75) is 31.3 Å². The Morgan fingerprint density at radius 2 is 1.79 bits per heavy atom. The lowest BCUT2D eigenvalue weighted by atomic mass is 10.2. The summed E-state index contributed by atoms with van der Waals surface area (Å²) in [6.07, 6.45) is -1.16. The minimum absolute atomic E-state index is 0.0123. The van der Waals surface area contributed by atoms with Crippen molar-refractivity contribution < 1.29 is 32.3 Å². The van der Waals surface area contributed by atoms with Gasteiger partial charge in [0, 0.05) is 25.2 Å². The van der Waals surface area contributed by atoms with E-state index in [0.717, 1.165) is 0 Å². The first-order valence-corrected chi connectivity index (χ1v) is 10.4. The van der Waals surface area contributed by atoms with Gasteiger partial charge >= 0.3 is 5.97 Å². The zero-order valence-electron chi connectivity index (χ0n) is 15.8. The molecule has 28 heavy (non-hydrogen) atoms. The summed E-state index contributed by atoms with van der Waals surface area (Å²) < 4.78 is 37.0. The smallest absolute Gasteiger partial charge is 0.307 e. The van der Waals surface area contributed by atoms with Crippen LogP contribution in [0.1, 0.15) is 30.6 Å². The van der Waals surface area contributed by atoms with Gasteiger partial charge in [-0.15, -0.1) is 0 Å². The van der Waals surface area contributed by atoms with Gasteiger partial charge in [0.05, 0.1) is 24.5 Å². The number of esters is 1. The normalized spacial score (nSPS) is 15.7. The first kappa shape index (κ1) is 22.0. The number of sulfonamides is 1. The summed E-state index contributed by atoms with van der Waals surface area (Å²) in [6, 6.07) is 5.48. The van der Waals surface area contributed by atoms with Crippen molar-refractivity contribution in [2.75, 3.05) is 32.8 Å². The van der Waals surface area contributed by atoms with Crippen LogP contribution in [-0.2, 0) is 29.1 Å². The van der Waals surface area contributed by atoms with E-state index in [1.807, 2.05) is 0 Å². The summed E-state index contributed by atoms with van der Waals surface area (Å²) in [6.45, 7) is 4.48. The molecule has 1 aromatic rings. The number of amides is 1. The Labute approximate surface area is 164 Å². The Hall–Kier alpha value is -2.30. The zero-order chi connectivity index (χ0) is 20.7. The molecule has 10 heteroatoms. The molecule has 1 fully saturated rings. The molecule has 1 heterocycles. The van der Waals surface area contributed by atoms with Gasteiger partial charge in [-0.1, -0.05) is 12.1 Å². The Kier molecular flexibility index (Phi) is 7.67. The number of nitrogens with zero attached hydrogens (tertiary/aromatic N) is 1. The van der Waals surface area contributed by atoms with Crippen LogP contribution in [-0.4, -0.2) is 69.9 Å². The highest BCUT2D eigenvalue weighted by Crippen LogP contribution is 2.11. The molecule has 1 N–H and O–H groups in total. The number of hydrogen-bond acceptors (Lipinski definition) is 7. The molecule has 0 aliphatic carbocycles. The summed E-state index contributed by atoms with van der Waals surface area (Å²) >= 11 is 0. The fourth-order valence-corrected chi connectivity index (χ4v) is 3.62. The van der Waals surface area contributed by atoms with Crippen LogP contribution >= 0.6 is 0 Å². The average molecular weight is 412 g/mol. The van der Waals surface area contributed by atoms with Crippen LogP contribution in [0.2, 0.25) is 0 Å². The van der Waals surface area contributed by atoms with Crippen molar-refractivity contribution in [3.63, 3.8) is 0 Å². The van der Waals surface area contributed by atoms with Gasteiger partial charge in [-0.05, 0) is 26.0 Å². The van der Waals surface area contributed by atoms with E-state index in [1.54, 1.807) is 4.90 Å². The maximum atomic E-state index is 12.2. The van der Waals surface area contributed by atoms with Crippen molar-refractivity contribution >= 4 is 27.7 Å². The second-order valence-electron chi connectivity index (χ2n) is 6.30. The topological polar surface area (TPSA) is 119 Å². The van der Waals surface area contributed by atoms with E-state index in [1.165, 1.54) is 38.1 Å². The number of nitrogens with one attached hydrogen (secondary N) is 1. The van der Waals surface area contributed by atoms with Crippen molar-refractivity contribution in [3.8, 4) is 0 Å². The Morgan fingerprint density at radius 1 is 1.18 bits per heavy atom. The Morgan fingerprint density at radius 3 is 2.36 bits per heavy atom. The van der Waals surface area contributed by atoms with Crippen LogP contribution < -0.4 is 4.72 Å². The van der Waals surface area contributed by atoms with Gasteiger partial charge in [0.25, 0.3) is 5.91 Å². The Balaban J connectivity index is 1.80. The lowest BCUT2D eigenvalue weighted by Crippen LogP contribution is -2.46. The largest absolute Gasteiger partial charge is 0.452 e. The summed E-state index contributed by atoms with van der Waals surface area (Å²) in [5, 5.41) is 0. The molecule has 0 spiro atoms. The van der Waals surface area contributed by atoms with Crippen LogP contribution in [0.3, 0.4) is 0 Å². The van der Waals surface area contributed by atoms with E-state index in [0.29, 0.717) is 31.9 Å². The van der Waals surface area contributed by atoms with E-state index in [-0.39, 0.29) is 29.6 Å². The monoisotopic (exact) mass is 412 g/mol. The molecule has 0 unspecified atom stereocenters. The van der Waals surface area contributed by atoms with Gasteiger partial charge in [-0.2, -0.15) is 0 Å². The fourth-order valence-electron chi connectivity index (χ4n) is 2.59. The third-order valence-corrected chi connectivity index (χ3v) is 5.65. The molecule has 154 valence electrons. The molecule has 0 bridgehead atoms. The number of carbonyl (C=O) groups is 3. The molecule has 1 aliphatic rings. The lowest BCUT2D eigenvalue weighted by Gasteiger charge is -2.28. The van der Waals surface area contributed by atoms with Crippen LogP contribution in [0.25, 0.3) is 0 Å². The summed E-state index contributed by atoms with van der Waals surface area (Å²) in [7, 11) is -3.82. The molecule has 2 rings (SSSR count). The molecule has 0 radical (unpaired) electrons. The molecular formula is C18H24N2O7S. The number of carbonyl (C=O) groups excluding carboxylic acids is 3. The number of morpholine rings is 1. The number of ether oxygens (including phenoxy) is 2. The maximum Gasteiger partial charge on any atom is 0.307 e. The first-order valence-electron chi connectivity index (χ1n) is 8.87. The van der Waals surface area contributed by atoms with Crippen LogP contribution in [0.5, 0.6) is 0 Å². The molecule has 1 aliphatic heterocycles. The second kappa shape index (κ2) is 9.76. The number of hydrogen-bond donors (Lipinski definition) is 1. The summed E-state index contributed by atoms with van der Waals surface area (Å²) in [5.41, 5.74) is 0.404. The first-order chi connectivity index (χ1) is 13.2. The number of ketones is 1. The van der Waals surface area contributed by atoms with Crippen LogP contribution in [0.15, 0.2) is 29.2 Å². The van der Waals surface area contributed by atoms with Crippen LogP contribution in [0, 0.1) is 0 Å². The van der Waals surface area contributed by atoms with Crippen molar-refractivity contribution in [2.24, 2.45) is 0 Å². The average Bonchev–Trinajstić information content (AvgIpc) is 2.67. The minimum atomic E-state index is -3.82. The number of rotatable bonds is 8. The molecule has 1 aromatic carbocycles. The molecule has 1 saturated heterocycles. The van der Waals surface area contributed by atoms with E-state index in [4.69, 9.17) is 9.47 Å². The second-order valence-corrected chi connectivity index (χ2v) is 8.07. The van der Waals surface area contributed by atoms with E-state index in [9.17, 15) is 22.8 Å².